The number of ether oxygens (including phenoxy) is 1. The molecule has 0 aromatic heterocycles. The van der Waals surface area contributed by atoms with Crippen molar-refractivity contribution < 1.29 is 4.74 Å². The Morgan fingerprint density at radius 1 is 1.29 bits per heavy atom. The van der Waals surface area contributed by atoms with Crippen LogP contribution in [0.1, 0.15) is 40.5 Å². The van der Waals surface area contributed by atoms with Gasteiger partial charge >= 0.3 is 0 Å². The Hall–Kier alpha value is -0.120. The van der Waals surface area contributed by atoms with Gasteiger partial charge in [-0.25, -0.2) is 0 Å². The topological polar surface area (TPSA) is 24.5 Å². The Labute approximate surface area is 107 Å². The second kappa shape index (κ2) is 6.72. The van der Waals surface area contributed by atoms with Crippen LogP contribution in [-0.4, -0.2) is 50.3 Å². The van der Waals surface area contributed by atoms with Crippen LogP contribution in [0, 0.1) is 5.41 Å². The third-order valence-electron chi connectivity index (χ3n) is 4.33. The van der Waals surface area contributed by atoms with Crippen molar-refractivity contribution in [2.45, 2.75) is 52.7 Å². The molecule has 0 aromatic carbocycles. The molecule has 3 heteroatoms. The summed E-state index contributed by atoms with van der Waals surface area (Å²) in [7, 11) is 2.06. The summed E-state index contributed by atoms with van der Waals surface area (Å²) in [6.45, 7) is 13.3. The maximum absolute atomic E-state index is 5.70. The van der Waals surface area contributed by atoms with Crippen molar-refractivity contribution in [1.29, 1.82) is 0 Å². The molecule has 1 rings (SSSR count). The lowest BCUT2D eigenvalue weighted by atomic mass is 9.81. The first-order chi connectivity index (χ1) is 8.06. The second-order valence-electron chi connectivity index (χ2n) is 5.66. The van der Waals surface area contributed by atoms with Gasteiger partial charge in [-0.1, -0.05) is 13.8 Å². The SMILES string of the molecule is CCC(CC)(CNC)CN1CC(C)OCC1C. The molecule has 3 nitrogen and oxygen atoms in total. The lowest BCUT2D eigenvalue weighted by Crippen LogP contribution is -2.53. The minimum Gasteiger partial charge on any atom is -0.376 e. The molecule has 0 amide bonds. The quantitative estimate of drug-likeness (QED) is 0.772. The fraction of sp³-hybridized carbons (Fsp3) is 1.00. The van der Waals surface area contributed by atoms with E-state index in [1.807, 2.05) is 0 Å². The van der Waals surface area contributed by atoms with E-state index in [1.165, 1.54) is 19.4 Å². The lowest BCUT2D eigenvalue weighted by Gasteiger charge is -2.43. The van der Waals surface area contributed by atoms with Crippen LogP contribution >= 0.6 is 0 Å². The Kier molecular flexibility index (Phi) is 5.90. The van der Waals surface area contributed by atoms with Crippen molar-refractivity contribution in [3.8, 4) is 0 Å². The average Bonchev–Trinajstić information content (AvgIpc) is 2.33. The van der Waals surface area contributed by atoms with E-state index in [9.17, 15) is 0 Å². The molecule has 1 N–H and O–H groups in total. The van der Waals surface area contributed by atoms with Crippen LogP contribution < -0.4 is 5.32 Å². The zero-order chi connectivity index (χ0) is 12.9. The van der Waals surface area contributed by atoms with E-state index in [0.717, 1.165) is 19.7 Å². The Balaban J connectivity index is 2.64. The number of nitrogens with zero attached hydrogens (tertiary/aromatic N) is 1. The predicted molar refractivity (Wildman–Crippen MR) is 73.4 cm³/mol. The van der Waals surface area contributed by atoms with E-state index in [0.29, 0.717) is 17.6 Å². The van der Waals surface area contributed by atoms with E-state index in [2.05, 4.69) is 45.0 Å². The zero-order valence-electron chi connectivity index (χ0n) is 12.3. The molecule has 17 heavy (non-hydrogen) atoms. The van der Waals surface area contributed by atoms with Gasteiger partial charge < -0.3 is 10.1 Å². The largest absolute Gasteiger partial charge is 0.376 e. The van der Waals surface area contributed by atoms with Crippen molar-refractivity contribution in [3.05, 3.63) is 0 Å². The van der Waals surface area contributed by atoms with Crippen molar-refractivity contribution in [3.63, 3.8) is 0 Å². The van der Waals surface area contributed by atoms with Gasteiger partial charge in [0.15, 0.2) is 0 Å². The van der Waals surface area contributed by atoms with Crippen LogP contribution in [-0.2, 0) is 4.74 Å². The van der Waals surface area contributed by atoms with Crippen LogP contribution in [0.2, 0.25) is 0 Å². The highest BCUT2D eigenvalue weighted by atomic mass is 16.5. The first-order valence-electron chi connectivity index (χ1n) is 7.07. The summed E-state index contributed by atoms with van der Waals surface area (Å²) < 4.78 is 5.70. The molecule has 1 aliphatic heterocycles. The summed E-state index contributed by atoms with van der Waals surface area (Å²) in [4.78, 5) is 2.61. The third-order valence-corrected chi connectivity index (χ3v) is 4.33. The summed E-state index contributed by atoms with van der Waals surface area (Å²) >= 11 is 0. The molecule has 1 heterocycles. The molecule has 102 valence electrons. The Bertz CT molecular complexity index is 216. The number of hydrogen-bond acceptors (Lipinski definition) is 3. The van der Waals surface area contributed by atoms with E-state index < -0.39 is 0 Å². The van der Waals surface area contributed by atoms with E-state index in [-0.39, 0.29) is 0 Å². The van der Waals surface area contributed by atoms with Gasteiger partial charge in [-0.15, -0.1) is 0 Å². The van der Waals surface area contributed by atoms with Gasteiger partial charge in [0.05, 0.1) is 12.7 Å². The molecule has 0 saturated carbocycles. The maximum Gasteiger partial charge on any atom is 0.0674 e. The highest BCUT2D eigenvalue weighted by Gasteiger charge is 2.32. The van der Waals surface area contributed by atoms with E-state index >= 15 is 0 Å². The minimum absolute atomic E-state index is 0.382. The van der Waals surface area contributed by atoms with Gasteiger partial charge in [-0.3, -0.25) is 4.90 Å². The molecule has 0 aliphatic carbocycles. The minimum atomic E-state index is 0.382. The Morgan fingerprint density at radius 2 is 1.94 bits per heavy atom. The normalized spacial score (nSPS) is 27.4. The summed E-state index contributed by atoms with van der Waals surface area (Å²) in [5, 5.41) is 3.37. The standard InChI is InChI=1S/C14H30N2O/c1-6-14(7-2,10-15-5)11-16-8-13(4)17-9-12(16)3/h12-13,15H,6-11H2,1-5H3. The van der Waals surface area contributed by atoms with Crippen molar-refractivity contribution >= 4 is 0 Å². The highest BCUT2D eigenvalue weighted by Crippen LogP contribution is 2.28. The molecular formula is C14H30N2O. The first-order valence-corrected chi connectivity index (χ1v) is 7.07. The summed E-state index contributed by atoms with van der Waals surface area (Å²) in [6, 6.07) is 0.556. The molecule has 0 bridgehead atoms. The third kappa shape index (κ3) is 3.94. The van der Waals surface area contributed by atoms with Gasteiger partial charge in [-0.05, 0) is 39.2 Å². The molecule has 2 atom stereocenters. The molecule has 2 unspecified atom stereocenters. The summed E-state index contributed by atoms with van der Waals surface area (Å²) in [5.74, 6) is 0. The molecular weight excluding hydrogens is 212 g/mol. The fourth-order valence-corrected chi connectivity index (χ4v) is 2.78. The van der Waals surface area contributed by atoms with Crippen LogP contribution in [0.15, 0.2) is 0 Å². The van der Waals surface area contributed by atoms with Gasteiger partial charge in [0, 0.05) is 25.7 Å². The van der Waals surface area contributed by atoms with Crippen molar-refractivity contribution in [2.24, 2.45) is 5.41 Å². The van der Waals surface area contributed by atoms with Crippen molar-refractivity contribution in [1.82, 2.24) is 10.2 Å². The lowest BCUT2D eigenvalue weighted by molar-refractivity contribution is -0.0638. The summed E-state index contributed by atoms with van der Waals surface area (Å²) in [5.41, 5.74) is 0.417. The zero-order valence-corrected chi connectivity index (χ0v) is 12.3. The molecule has 1 fully saturated rings. The summed E-state index contributed by atoms with van der Waals surface area (Å²) in [6.07, 6.45) is 2.86. The number of morpholine rings is 1. The number of hydrogen-bond donors (Lipinski definition) is 1. The highest BCUT2D eigenvalue weighted by molar-refractivity contribution is 4.86. The van der Waals surface area contributed by atoms with Crippen LogP contribution in [0.5, 0.6) is 0 Å². The molecule has 0 spiro atoms. The second-order valence-corrected chi connectivity index (χ2v) is 5.66. The Morgan fingerprint density at radius 3 is 2.47 bits per heavy atom. The van der Waals surface area contributed by atoms with E-state index in [4.69, 9.17) is 4.74 Å². The maximum atomic E-state index is 5.70. The smallest absolute Gasteiger partial charge is 0.0674 e. The van der Waals surface area contributed by atoms with Gasteiger partial charge in [0.1, 0.15) is 0 Å². The molecule has 0 radical (unpaired) electrons. The molecule has 1 saturated heterocycles. The van der Waals surface area contributed by atoms with Crippen LogP contribution in [0.25, 0.3) is 0 Å². The first kappa shape index (κ1) is 14.9. The van der Waals surface area contributed by atoms with Crippen LogP contribution in [0.3, 0.4) is 0 Å². The predicted octanol–water partition coefficient (Wildman–Crippen LogP) is 2.12. The number of nitrogens with one attached hydrogen (secondary N) is 1. The van der Waals surface area contributed by atoms with Gasteiger partial charge in [-0.2, -0.15) is 0 Å². The fourth-order valence-electron chi connectivity index (χ4n) is 2.78. The average molecular weight is 242 g/mol. The van der Waals surface area contributed by atoms with Crippen LogP contribution in [0.4, 0.5) is 0 Å². The van der Waals surface area contributed by atoms with Gasteiger partial charge in [0.25, 0.3) is 0 Å². The van der Waals surface area contributed by atoms with Gasteiger partial charge in [0.2, 0.25) is 0 Å². The van der Waals surface area contributed by atoms with Crippen molar-refractivity contribution in [2.75, 3.05) is 33.3 Å². The monoisotopic (exact) mass is 242 g/mol. The molecule has 1 aliphatic rings. The molecule has 0 aromatic rings. The number of rotatable bonds is 6. The van der Waals surface area contributed by atoms with E-state index in [1.54, 1.807) is 0 Å².